The number of ketones is 2. The Morgan fingerprint density at radius 2 is 1.64 bits per heavy atom. The maximum absolute atomic E-state index is 14.1. The van der Waals surface area contributed by atoms with Crippen molar-refractivity contribution in [1.82, 2.24) is 4.90 Å². The molecule has 6 N–H and O–H groups in total. The van der Waals surface area contributed by atoms with Crippen LogP contribution in [0.3, 0.4) is 0 Å². The highest BCUT2D eigenvalue weighted by Gasteiger charge is 2.64. The summed E-state index contributed by atoms with van der Waals surface area (Å²) in [4.78, 5) is 42.7. The Morgan fingerprint density at radius 1 is 1.02 bits per heavy atom. The van der Waals surface area contributed by atoms with Gasteiger partial charge in [-0.3, -0.25) is 19.3 Å². The van der Waals surface area contributed by atoms with Gasteiger partial charge in [0.2, 0.25) is 5.78 Å². The van der Waals surface area contributed by atoms with Crippen molar-refractivity contribution in [2.75, 3.05) is 33.1 Å². The van der Waals surface area contributed by atoms with Crippen LogP contribution in [0.5, 0.6) is 5.75 Å². The molecule has 0 spiro atoms. The SMILES string of the molecule is CN(C)c1cc(CCCc2cc(F)c(F)c(F)c2)c(O)c2c1CC1CC3C(N(C)C)C(=O)C(C(N)=O)=C(O)C3(O)C(=O)C1=C2O. The number of aromatic hydroxyl groups is 1. The number of Topliss-reactive ketones (excluding diaryl/α,β-unsaturated/α-hetero) is 2. The van der Waals surface area contributed by atoms with E-state index in [0.717, 1.165) is 12.1 Å². The first-order valence-corrected chi connectivity index (χ1v) is 14.3. The summed E-state index contributed by atoms with van der Waals surface area (Å²) in [6.07, 6.45) is 0.683. The van der Waals surface area contributed by atoms with Gasteiger partial charge >= 0.3 is 0 Å². The van der Waals surface area contributed by atoms with Crippen LogP contribution in [0.1, 0.15) is 35.1 Å². The standard InChI is InChI=1S/C32H34F3N3O7/c1-37(2)20-12-14(7-5-6-13-8-18(33)24(35)19(34)9-13)26(39)22-16(20)10-15-11-17-25(38(3)4)28(41)23(31(36)44)30(43)32(17,45)29(42)21(15)27(22)40/h8-9,12,15,17,25,39-40,43,45H,5-7,10-11H2,1-4H3,(H2,36,44). The number of amides is 1. The number of rotatable bonds is 7. The highest BCUT2D eigenvalue weighted by molar-refractivity contribution is 6.24. The number of phenols is 1. The lowest BCUT2D eigenvalue weighted by Gasteiger charge is -2.50. The third kappa shape index (κ3) is 4.85. The maximum Gasteiger partial charge on any atom is 0.255 e. The fourth-order valence-corrected chi connectivity index (χ4v) is 7.17. The van der Waals surface area contributed by atoms with Crippen molar-refractivity contribution in [2.45, 2.75) is 43.7 Å². The lowest BCUT2D eigenvalue weighted by molar-refractivity contribution is -0.153. The van der Waals surface area contributed by atoms with Crippen molar-refractivity contribution in [2.24, 2.45) is 17.6 Å². The number of fused-ring (bicyclic) bond motifs is 3. The molecular weight excluding hydrogens is 595 g/mol. The monoisotopic (exact) mass is 629 g/mol. The van der Waals surface area contributed by atoms with Crippen LogP contribution in [0.2, 0.25) is 0 Å². The smallest absolute Gasteiger partial charge is 0.255 e. The van der Waals surface area contributed by atoms with Crippen LogP contribution in [-0.4, -0.2) is 82.6 Å². The van der Waals surface area contributed by atoms with Crippen LogP contribution >= 0.6 is 0 Å². The van der Waals surface area contributed by atoms with E-state index in [1.165, 1.54) is 19.0 Å². The number of carbonyl (C=O) groups excluding carboxylic acids is 3. The number of halogens is 3. The van der Waals surface area contributed by atoms with Gasteiger partial charge in [0.05, 0.1) is 11.6 Å². The number of primary amides is 1. The summed E-state index contributed by atoms with van der Waals surface area (Å²) in [5, 5.41) is 45.8. The molecule has 0 bridgehead atoms. The molecule has 2 aromatic rings. The zero-order valence-corrected chi connectivity index (χ0v) is 25.1. The summed E-state index contributed by atoms with van der Waals surface area (Å²) in [7, 11) is 6.55. The summed E-state index contributed by atoms with van der Waals surface area (Å²) in [6.45, 7) is 0. The predicted molar refractivity (Wildman–Crippen MR) is 157 cm³/mol. The van der Waals surface area contributed by atoms with E-state index in [9.17, 15) is 48.0 Å². The summed E-state index contributed by atoms with van der Waals surface area (Å²) >= 11 is 0. The fraction of sp³-hybridized carbons (Fsp3) is 0.406. The molecule has 10 nitrogen and oxygen atoms in total. The molecule has 240 valence electrons. The van der Waals surface area contributed by atoms with E-state index >= 15 is 0 Å². The molecule has 0 aromatic heterocycles. The molecule has 45 heavy (non-hydrogen) atoms. The van der Waals surface area contributed by atoms with Gasteiger partial charge in [0, 0.05) is 31.3 Å². The predicted octanol–water partition coefficient (Wildman–Crippen LogP) is 2.62. The minimum Gasteiger partial charge on any atom is -0.508 e. The Balaban J connectivity index is 1.59. The third-order valence-electron chi connectivity index (χ3n) is 9.21. The third-order valence-corrected chi connectivity index (χ3v) is 9.21. The zero-order valence-electron chi connectivity index (χ0n) is 25.1. The molecule has 4 unspecified atom stereocenters. The van der Waals surface area contributed by atoms with Crippen LogP contribution in [-0.2, 0) is 33.6 Å². The van der Waals surface area contributed by atoms with Crippen LogP contribution in [0.4, 0.5) is 18.9 Å². The second-order valence-corrected chi connectivity index (χ2v) is 12.3. The van der Waals surface area contributed by atoms with Crippen molar-refractivity contribution in [3.8, 4) is 5.75 Å². The Labute approximate surface area is 256 Å². The summed E-state index contributed by atoms with van der Waals surface area (Å²) in [5.41, 5.74) is 3.09. The molecule has 0 heterocycles. The van der Waals surface area contributed by atoms with Crippen molar-refractivity contribution < 1.29 is 48.0 Å². The second-order valence-electron chi connectivity index (χ2n) is 12.3. The summed E-state index contributed by atoms with van der Waals surface area (Å²) in [5.74, 6) is -11.5. The summed E-state index contributed by atoms with van der Waals surface area (Å²) < 4.78 is 40.8. The minimum absolute atomic E-state index is 0.0358. The van der Waals surface area contributed by atoms with Gasteiger partial charge in [0.15, 0.2) is 28.8 Å². The van der Waals surface area contributed by atoms with E-state index in [2.05, 4.69) is 0 Å². The van der Waals surface area contributed by atoms with Crippen molar-refractivity contribution >= 4 is 28.9 Å². The Hall–Kier alpha value is -4.36. The van der Waals surface area contributed by atoms with Crippen LogP contribution in [0, 0.1) is 29.3 Å². The van der Waals surface area contributed by atoms with E-state index in [-0.39, 0.29) is 54.6 Å². The number of carbonyl (C=O) groups is 3. The molecule has 4 atom stereocenters. The molecule has 1 fully saturated rings. The number of hydrogen-bond acceptors (Lipinski definition) is 9. The fourth-order valence-electron chi connectivity index (χ4n) is 7.17. The van der Waals surface area contributed by atoms with Gasteiger partial charge in [-0.05, 0) is 87.0 Å². The van der Waals surface area contributed by atoms with E-state index in [4.69, 9.17) is 5.73 Å². The minimum atomic E-state index is -2.75. The second kappa shape index (κ2) is 11.2. The molecular formula is C32H34F3N3O7. The molecule has 5 rings (SSSR count). The molecule has 3 aliphatic rings. The Morgan fingerprint density at radius 3 is 2.20 bits per heavy atom. The lowest BCUT2D eigenvalue weighted by atomic mass is 9.57. The lowest BCUT2D eigenvalue weighted by Crippen LogP contribution is -2.65. The topological polar surface area (TPSA) is 165 Å². The molecule has 0 aliphatic heterocycles. The summed E-state index contributed by atoms with van der Waals surface area (Å²) in [6, 6.07) is 2.31. The number of nitrogens with zero attached hydrogens (tertiary/aromatic N) is 2. The van der Waals surface area contributed by atoms with Gasteiger partial charge < -0.3 is 31.1 Å². The molecule has 1 amide bonds. The maximum atomic E-state index is 14.1. The quantitative estimate of drug-likeness (QED) is 0.229. The van der Waals surface area contributed by atoms with E-state index in [1.807, 2.05) is 0 Å². The number of anilines is 1. The van der Waals surface area contributed by atoms with Crippen LogP contribution in [0.25, 0.3) is 5.76 Å². The Bertz CT molecular complexity index is 1690. The number of benzene rings is 2. The van der Waals surface area contributed by atoms with E-state index in [1.54, 1.807) is 25.1 Å². The number of nitrogens with two attached hydrogens (primary N) is 1. The van der Waals surface area contributed by atoms with Crippen molar-refractivity contribution in [3.63, 3.8) is 0 Å². The molecule has 2 aromatic carbocycles. The zero-order chi connectivity index (χ0) is 33.3. The number of phenolic OH excluding ortho intramolecular Hbond substituents is 1. The highest BCUT2D eigenvalue weighted by atomic mass is 19.2. The van der Waals surface area contributed by atoms with E-state index < -0.39 is 75.5 Å². The molecule has 0 radical (unpaired) electrons. The van der Waals surface area contributed by atoms with Crippen LogP contribution < -0.4 is 10.6 Å². The van der Waals surface area contributed by atoms with Crippen molar-refractivity contribution in [1.29, 1.82) is 0 Å². The molecule has 3 aliphatic carbocycles. The van der Waals surface area contributed by atoms with Gasteiger partial charge in [-0.15, -0.1) is 0 Å². The molecule has 0 saturated heterocycles. The van der Waals surface area contributed by atoms with Crippen LogP contribution in [0.15, 0.2) is 35.1 Å². The number of aryl methyl sites for hydroxylation is 2. The first-order valence-electron chi connectivity index (χ1n) is 14.3. The normalized spacial score (nSPS) is 24.5. The first kappa shape index (κ1) is 32.0. The molecule has 1 saturated carbocycles. The van der Waals surface area contributed by atoms with Gasteiger partial charge in [0.25, 0.3) is 5.91 Å². The van der Waals surface area contributed by atoms with Gasteiger partial charge in [0.1, 0.15) is 22.8 Å². The number of hydrogen-bond donors (Lipinski definition) is 5. The van der Waals surface area contributed by atoms with Gasteiger partial charge in [-0.1, -0.05) is 0 Å². The number of aliphatic hydroxyl groups excluding tert-OH is 2. The molecule has 13 heteroatoms. The number of likely N-dealkylation sites (N-methyl/N-ethyl adjacent to an activating group) is 1. The highest BCUT2D eigenvalue weighted by Crippen LogP contribution is 2.54. The number of aliphatic hydroxyl groups is 3. The largest absolute Gasteiger partial charge is 0.508 e. The first-order chi connectivity index (χ1) is 21.0. The van der Waals surface area contributed by atoms with E-state index in [0.29, 0.717) is 16.8 Å². The van der Waals surface area contributed by atoms with Gasteiger partial charge in [-0.2, -0.15) is 0 Å². The van der Waals surface area contributed by atoms with Crippen molar-refractivity contribution in [3.05, 3.63) is 74.8 Å². The Kier molecular flexibility index (Phi) is 7.99. The average molecular weight is 630 g/mol. The van der Waals surface area contributed by atoms with Gasteiger partial charge in [-0.25, -0.2) is 13.2 Å². The average Bonchev–Trinajstić information content (AvgIpc) is 2.94.